The highest BCUT2D eigenvalue weighted by atomic mass is 35.5. The van der Waals surface area contributed by atoms with Crippen LogP contribution in [-0.2, 0) is 11.3 Å². The smallest absolute Gasteiger partial charge is 0.406 e. The van der Waals surface area contributed by atoms with Gasteiger partial charge in [0.25, 0.3) is 0 Å². The fourth-order valence-electron chi connectivity index (χ4n) is 5.24. The molecule has 0 bridgehead atoms. The van der Waals surface area contributed by atoms with E-state index in [-0.39, 0.29) is 6.09 Å². The maximum Gasteiger partial charge on any atom is 0.406 e. The highest BCUT2D eigenvalue weighted by Gasteiger charge is 2.21. The van der Waals surface area contributed by atoms with Crippen molar-refractivity contribution in [2.24, 2.45) is 5.92 Å². The average Bonchev–Trinajstić information content (AvgIpc) is 2.97. The first-order valence-electron chi connectivity index (χ1n) is 13.9. The number of pyridine rings is 2. The zero-order valence-corrected chi connectivity index (χ0v) is 25.0. The number of halogens is 2. The number of rotatable bonds is 8. The van der Waals surface area contributed by atoms with E-state index in [0.717, 1.165) is 81.3 Å². The SMILES string of the molecule is COC(=O)NCC1CCN(Cc2cc(Oc3ccc(N4CCN(C)CC4)nc3)nc(-c3cc(Cl)cc(Cl)c3)c2)CC1. The van der Waals surface area contributed by atoms with E-state index in [2.05, 4.69) is 38.1 Å². The highest BCUT2D eigenvalue weighted by Crippen LogP contribution is 2.31. The molecular formula is C30H36Cl2N6O3. The highest BCUT2D eigenvalue weighted by molar-refractivity contribution is 6.35. The maximum absolute atomic E-state index is 11.4. The fraction of sp³-hybridized carbons (Fsp3) is 0.433. The number of ether oxygens (including phenoxy) is 2. The van der Waals surface area contributed by atoms with Gasteiger partial charge in [0.2, 0.25) is 5.88 Å². The van der Waals surface area contributed by atoms with E-state index in [1.165, 1.54) is 7.11 Å². The number of piperazine rings is 1. The second kappa shape index (κ2) is 13.7. The number of carbonyl (C=O) groups excluding carboxylic acids is 1. The first-order chi connectivity index (χ1) is 19.8. The molecule has 4 heterocycles. The number of nitrogens with zero attached hydrogens (tertiary/aromatic N) is 5. The van der Waals surface area contributed by atoms with Crippen molar-refractivity contribution in [1.29, 1.82) is 0 Å². The first-order valence-corrected chi connectivity index (χ1v) is 14.7. The number of aromatic nitrogens is 2. The minimum Gasteiger partial charge on any atom is -0.453 e. The Bertz CT molecular complexity index is 1310. The molecule has 2 aliphatic heterocycles. The summed E-state index contributed by atoms with van der Waals surface area (Å²) in [5.74, 6) is 2.50. The third-order valence-electron chi connectivity index (χ3n) is 7.62. The van der Waals surface area contributed by atoms with Crippen LogP contribution in [0.5, 0.6) is 11.6 Å². The van der Waals surface area contributed by atoms with Crippen LogP contribution in [0.15, 0.2) is 48.7 Å². The molecule has 0 aliphatic carbocycles. The summed E-state index contributed by atoms with van der Waals surface area (Å²) in [7, 11) is 3.53. The van der Waals surface area contributed by atoms with Gasteiger partial charge >= 0.3 is 6.09 Å². The van der Waals surface area contributed by atoms with Crippen LogP contribution in [0.3, 0.4) is 0 Å². The molecule has 0 radical (unpaired) electrons. The molecule has 3 aromatic rings. The third kappa shape index (κ3) is 8.23. The van der Waals surface area contributed by atoms with Crippen LogP contribution < -0.4 is 15.0 Å². The molecule has 41 heavy (non-hydrogen) atoms. The molecule has 1 amide bonds. The predicted octanol–water partition coefficient (Wildman–Crippen LogP) is 5.56. The van der Waals surface area contributed by atoms with E-state index in [4.69, 9.17) is 37.7 Å². The molecule has 1 aromatic carbocycles. The Labute approximate surface area is 251 Å². The summed E-state index contributed by atoms with van der Waals surface area (Å²) in [6.45, 7) is 7.21. The van der Waals surface area contributed by atoms with Crippen molar-refractivity contribution in [2.45, 2.75) is 19.4 Å². The van der Waals surface area contributed by atoms with E-state index in [1.807, 2.05) is 30.3 Å². The van der Waals surface area contributed by atoms with Gasteiger partial charge in [0.05, 0.1) is 19.0 Å². The molecule has 2 aliphatic rings. The number of amides is 1. The van der Waals surface area contributed by atoms with Crippen molar-refractivity contribution in [1.82, 2.24) is 25.1 Å². The Morgan fingerprint density at radius 2 is 1.73 bits per heavy atom. The lowest BCUT2D eigenvalue weighted by atomic mass is 9.96. The fourth-order valence-corrected chi connectivity index (χ4v) is 5.76. The monoisotopic (exact) mass is 598 g/mol. The number of hydrogen-bond acceptors (Lipinski definition) is 8. The van der Waals surface area contributed by atoms with Crippen molar-refractivity contribution in [3.63, 3.8) is 0 Å². The minimum atomic E-state index is -0.380. The standard InChI is InChI=1S/C30H36Cl2N6O3/c1-36-9-11-38(12-10-36)28-4-3-26(19-33-28)41-29-14-22(13-27(35-29)23-15-24(31)17-25(32)16-23)20-37-7-5-21(6-8-37)18-34-30(39)40-2/h3-4,13-17,19,21H,5-12,18,20H2,1-2H3,(H,34,39). The molecule has 0 spiro atoms. The van der Waals surface area contributed by atoms with E-state index in [1.54, 1.807) is 12.3 Å². The number of carbonyl (C=O) groups is 1. The lowest BCUT2D eigenvalue weighted by Crippen LogP contribution is -2.44. The third-order valence-corrected chi connectivity index (χ3v) is 8.06. The van der Waals surface area contributed by atoms with Crippen LogP contribution in [-0.4, -0.2) is 85.8 Å². The van der Waals surface area contributed by atoms with Gasteiger partial charge in [-0.2, -0.15) is 0 Å². The van der Waals surface area contributed by atoms with Gasteiger partial charge in [-0.3, -0.25) is 4.90 Å². The van der Waals surface area contributed by atoms with Crippen LogP contribution in [0.4, 0.5) is 10.6 Å². The van der Waals surface area contributed by atoms with Crippen molar-refractivity contribution in [3.05, 3.63) is 64.3 Å². The Hall–Kier alpha value is -3.11. The van der Waals surface area contributed by atoms with Gasteiger partial charge in [0.15, 0.2) is 0 Å². The molecule has 0 saturated carbocycles. The lowest BCUT2D eigenvalue weighted by molar-refractivity contribution is 0.155. The van der Waals surface area contributed by atoms with Crippen LogP contribution in [0.2, 0.25) is 10.0 Å². The normalized spacial score (nSPS) is 16.9. The number of likely N-dealkylation sites (N-methyl/N-ethyl adjacent to an activating group) is 1. The van der Waals surface area contributed by atoms with Crippen LogP contribution >= 0.6 is 23.2 Å². The van der Waals surface area contributed by atoms with E-state index < -0.39 is 0 Å². The number of benzene rings is 1. The molecule has 2 fully saturated rings. The summed E-state index contributed by atoms with van der Waals surface area (Å²) in [5.41, 5.74) is 2.64. The maximum atomic E-state index is 11.4. The Morgan fingerprint density at radius 3 is 2.39 bits per heavy atom. The quantitative estimate of drug-likeness (QED) is 0.361. The van der Waals surface area contributed by atoms with Crippen molar-refractivity contribution in [3.8, 4) is 22.9 Å². The molecule has 2 saturated heterocycles. The number of likely N-dealkylation sites (tertiary alicyclic amines) is 1. The molecule has 9 nitrogen and oxygen atoms in total. The van der Waals surface area contributed by atoms with Gasteiger partial charge in [-0.05, 0) is 80.9 Å². The van der Waals surface area contributed by atoms with Crippen LogP contribution in [0.1, 0.15) is 18.4 Å². The second-order valence-corrected chi connectivity index (χ2v) is 11.6. The summed E-state index contributed by atoms with van der Waals surface area (Å²) in [5, 5.41) is 3.92. The summed E-state index contributed by atoms with van der Waals surface area (Å²) < 4.78 is 10.9. The van der Waals surface area contributed by atoms with Gasteiger partial charge < -0.3 is 24.6 Å². The summed E-state index contributed by atoms with van der Waals surface area (Å²) in [6, 6.07) is 13.4. The van der Waals surface area contributed by atoms with E-state index >= 15 is 0 Å². The van der Waals surface area contributed by atoms with Crippen molar-refractivity contribution < 1.29 is 14.3 Å². The van der Waals surface area contributed by atoms with Gasteiger partial charge in [0, 0.05) is 60.9 Å². The molecular weight excluding hydrogens is 563 g/mol. The zero-order valence-electron chi connectivity index (χ0n) is 23.5. The van der Waals surface area contributed by atoms with Crippen molar-refractivity contribution >= 4 is 35.1 Å². The molecule has 5 rings (SSSR count). The van der Waals surface area contributed by atoms with Crippen molar-refractivity contribution in [2.75, 3.05) is 64.9 Å². The number of methoxy groups -OCH3 is 1. The Morgan fingerprint density at radius 1 is 1.00 bits per heavy atom. The Balaban J connectivity index is 1.31. The number of nitrogens with one attached hydrogen (secondary N) is 1. The van der Waals surface area contributed by atoms with Gasteiger partial charge in [-0.15, -0.1) is 0 Å². The molecule has 0 unspecified atom stereocenters. The topological polar surface area (TPSA) is 83.1 Å². The number of alkyl carbamates (subject to hydrolysis) is 1. The summed E-state index contributed by atoms with van der Waals surface area (Å²) in [4.78, 5) is 27.9. The summed E-state index contributed by atoms with van der Waals surface area (Å²) >= 11 is 12.6. The first kappa shape index (κ1) is 29.4. The Kier molecular flexibility index (Phi) is 9.82. The predicted molar refractivity (Wildman–Crippen MR) is 162 cm³/mol. The number of anilines is 1. The van der Waals surface area contributed by atoms with Gasteiger partial charge in [-0.25, -0.2) is 14.8 Å². The van der Waals surface area contributed by atoms with E-state index in [0.29, 0.717) is 34.1 Å². The lowest BCUT2D eigenvalue weighted by Gasteiger charge is -2.33. The second-order valence-electron chi connectivity index (χ2n) is 10.7. The van der Waals surface area contributed by atoms with Crippen LogP contribution in [0.25, 0.3) is 11.3 Å². The molecule has 2 aromatic heterocycles. The largest absolute Gasteiger partial charge is 0.453 e. The van der Waals surface area contributed by atoms with Crippen LogP contribution in [0, 0.1) is 5.92 Å². The minimum absolute atomic E-state index is 0.380. The number of piperidine rings is 1. The molecule has 1 N–H and O–H groups in total. The molecule has 11 heteroatoms. The van der Waals surface area contributed by atoms with Gasteiger partial charge in [-0.1, -0.05) is 23.2 Å². The molecule has 218 valence electrons. The average molecular weight is 600 g/mol. The summed E-state index contributed by atoms with van der Waals surface area (Å²) in [6.07, 6.45) is 3.38. The van der Waals surface area contributed by atoms with Gasteiger partial charge in [0.1, 0.15) is 11.6 Å². The van der Waals surface area contributed by atoms with E-state index in [9.17, 15) is 4.79 Å². The zero-order chi connectivity index (χ0) is 28.8. The molecule has 0 atom stereocenters. The number of hydrogen-bond donors (Lipinski definition) is 1.